The molecule has 2 aromatic carbocycles. The third-order valence-corrected chi connectivity index (χ3v) is 5.11. The molecular weight excluding hydrogens is 396 g/mol. The second kappa shape index (κ2) is 10.6. The van der Waals surface area contributed by atoms with Gasteiger partial charge in [0.05, 0.1) is 12.3 Å². The lowest BCUT2D eigenvalue weighted by Crippen LogP contribution is -2.33. The zero-order chi connectivity index (χ0) is 21.3. The standard InChI is InChI=1S/C23H26N4O2S/c1-4-14-27-15-22(29-20-8-6-5-7-9-20)25-23(26-27)30-16-21(28)24-19-12-10-18(11-13-19)17(2)3/h4-13,17H,1,14-16H2,2-3H3,(H,24,28). The normalized spacial score (nSPS) is 13.5. The first-order valence-electron chi connectivity index (χ1n) is 9.81. The van der Waals surface area contributed by atoms with Crippen molar-refractivity contribution in [2.75, 3.05) is 24.2 Å². The number of anilines is 1. The van der Waals surface area contributed by atoms with Gasteiger partial charge in [-0.15, -0.1) is 11.7 Å². The predicted molar refractivity (Wildman–Crippen MR) is 125 cm³/mol. The van der Waals surface area contributed by atoms with Gasteiger partial charge in [-0.3, -0.25) is 9.80 Å². The van der Waals surface area contributed by atoms with Crippen molar-refractivity contribution in [1.82, 2.24) is 5.01 Å². The van der Waals surface area contributed by atoms with Crippen LogP contribution in [0.4, 0.5) is 5.69 Å². The van der Waals surface area contributed by atoms with Gasteiger partial charge in [-0.05, 0) is 35.7 Å². The molecule has 1 aliphatic rings. The molecule has 0 aromatic heterocycles. The number of carbonyl (C=O) groups excluding carboxylic acids is 1. The summed E-state index contributed by atoms with van der Waals surface area (Å²) < 4.78 is 5.87. The van der Waals surface area contributed by atoms with Gasteiger partial charge in [0.15, 0.2) is 0 Å². The van der Waals surface area contributed by atoms with Crippen LogP contribution in [0.15, 0.2) is 77.3 Å². The number of aliphatic imine (C=N–C) groups is 1. The van der Waals surface area contributed by atoms with Gasteiger partial charge in [-0.25, -0.2) is 0 Å². The number of hydrogen-bond acceptors (Lipinski definition) is 6. The van der Waals surface area contributed by atoms with Crippen LogP contribution in [0.2, 0.25) is 0 Å². The van der Waals surface area contributed by atoms with Crippen LogP contribution >= 0.6 is 11.8 Å². The van der Waals surface area contributed by atoms with Gasteiger partial charge in [0.2, 0.25) is 17.0 Å². The van der Waals surface area contributed by atoms with E-state index in [-0.39, 0.29) is 11.7 Å². The molecule has 1 amide bonds. The zero-order valence-corrected chi connectivity index (χ0v) is 18.1. The lowest BCUT2D eigenvalue weighted by atomic mass is 10.0. The summed E-state index contributed by atoms with van der Waals surface area (Å²) in [6.45, 7) is 9.05. The van der Waals surface area contributed by atoms with Gasteiger partial charge < -0.3 is 10.1 Å². The molecule has 0 bridgehead atoms. The Morgan fingerprint density at radius 1 is 1.23 bits per heavy atom. The number of nitrogens with one attached hydrogen (secondary N) is 1. The number of carbonyl (C=O) groups is 1. The summed E-state index contributed by atoms with van der Waals surface area (Å²) in [5, 5.41) is 9.67. The van der Waals surface area contributed by atoms with E-state index in [2.05, 4.69) is 35.8 Å². The number of rotatable bonds is 7. The fourth-order valence-electron chi connectivity index (χ4n) is 2.75. The summed E-state index contributed by atoms with van der Waals surface area (Å²) in [6, 6.07) is 17.4. The second-order valence-electron chi connectivity index (χ2n) is 7.05. The third-order valence-electron chi connectivity index (χ3n) is 4.28. The molecular formula is C23H26N4O2S. The van der Waals surface area contributed by atoms with Crippen molar-refractivity contribution < 1.29 is 9.53 Å². The first kappa shape index (κ1) is 21.6. The summed E-state index contributed by atoms with van der Waals surface area (Å²) in [5.74, 6) is 1.79. The minimum absolute atomic E-state index is 0.110. The van der Waals surface area contributed by atoms with E-state index in [1.807, 2.05) is 59.6 Å². The highest BCUT2D eigenvalue weighted by Crippen LogP contribution is 2.19. The van der Waals surface area contributed by atoms with Crippen LogP contribution in [-0.4, -0.2) is 40.8 Å². The van der Waals surface area contributed by atoms with E-state index in [1.165, 1.54) is 17.3 Å². The maximum Gasteiger partial charge on any atom is 0.234 e. The molecule has 0 saturated carbocycles. The minimum atomic E-state index is -0.110. The first-order valence-corrected chi connectivity index (χ1v) is 10.8. The van der Waals surface area contributed by atoms with Gasteiger partial charge in [0, 0.05) is 5.69 Å². The molecule has 30 heavy (non-hydrogen) atoms. The van der Waals surface area contributed by atoms with Gasteiger partial charge in [0.1, 0.15) is 12.3 Å². The maximum absolute atomic E-state index is 12.4. The Balaban J connectivity index is 1.59. The van der Waals surface area contributed by atoms with Gasteiger partial charge >= 0.3 is 0 Å². The highest BCUT2D eigenvalue weighted by atomic mass is 32.2. The van der Waals surface area contributed by atoms with E-state index in [1.54, 1.807) is 6.08 Å². The van der Waals surface area contributed by atoms with Crippen molar-refractivity contribution in [3.8, 4) is 5.75 Å². The zero-order valence-electron chi connectivity index (χ0n) is 17.2. The summed E-state index contributed by atoms with van der Waals surface area (Å²) in [4.78, 5) is 16.8. The summed E-state index contributed by atoms with van der Waals surface area (Å²) in [6.07, 6.45) is 1.77. The highest BCUT2D eigenvalue weighted by molar-refractivity contribution is 8.14. The molecule has 0 unspecified atom stereocenters. The number of amides is 1. The third kappa shape index (κ3) is 6.49. The van der Waals surface area contributed by atoms with Crippen LogP contribution in [0, 0.1) is 0 Å². The smallest absolute Gasteiger partial charge is 0.234 e. The van der Waals surface area contributed by atoms with Crippen LogP contribution < -0.4 is 10.1 Å². The van der Waals surface area contributed by atoms with Gasteiger partial charge in [-0.1, -0.05) is 62.0 Å². The molecule has 0 fully saturated rings. The Hall–Kier alpha value is -3.06. The van der Waals surface area contributed by atoms with Gasteiger partial charge in [0.25, 0.3) is 0 Å². The van der Waals surface area contributed by atoms with Crippen molar-refractivity contribution in [3.05, 3.63) is 72.8 Å². The molecule has 156 valence electrons. The first-order chi connectivity index (χ1) is 14.5. The topological polar surface area (TPSA) is 66.3 Å². The Bertz CT molecular complexity index is 924. The number of ether oxygens (including phenoxy) is 1. The van der Waals surface area contributed by atoms with E-state index in [4.69, 9.17) is 4.74 Å². The molecule has 0 spiro atoms. The number of amidine groups is 1. The molecule has 0 radical (unpaired) electrons. The SMILES string of the molecule is C=CCN1CC(Oc2ccccc2)=NC(SCC(=O)Nc2ccc(C(C)C)cc2)=N1. The quantitative estimate of drug-likeness (QED) is 0.655. The Labute approximate surface area is 181 Å². The molecule has 2 aromatic rings. The van der Waals surface area contributed by atoms with E-state index in [0.717, 1.165) is 5.69 Å². The van der Waals surface area contributed by atoms with E-state index < -0.39 is 0 Å². The number of para-hydroxylation sites is 1. The average molecular weight is 423 g/mol. The van der Waals surface area contributed by atoms with Crippen molar-refractivity contribution in [2.45, 2.75) is 19.8 Å². The predicted octanol–water partition coefficient (Wildman–Crippen LogP) is 4.73. The monoisotopic (exact) mass is 422 g/mol. The summed E-state index contributed by atoms with van der Waals surface area (Å²) in [7, 11) is 0. The molecule has 6 nitrogen and oxygen atoms in total. The molecule has 1 N–H and O–H groups in total. The molecule has 1 heterocycles. The Morgan fingerprint density at radius 3 is 2.63 bits per heavy atom. The average Bonchev–Trinajstić information content (AvgIpc) is 2.73. The number of hydrogen-bond donors (Lipinski definition) is 1. The fourth-order valence-corrected chi connectivity index (χ4v) is 3.42. The van der Waals surface area contributed by atoms with Gasteiger partial charge in [-0.2, -0.15) is 4.99 Å². The second-order valence-corrected chi connectivity index (χ2v) is 8.00. The van der Waals surface area contributed by atoms with Crippen molar-refractivity contribution in [3.63, 3.8) is 0 Å². The fraction of sp³-hybridized carbons (Fsp3) is 0.261. The van der Waals surface area contributed by atoms with Crippen LogP contribution in [0.3, 0.4) is 0 Å². The largest absolute Gasteiger partial charge is 0.441 e. The molecule has 7 heteroatoms. The van der Waals surface area contributed by atoms with E-state index in [9.17, 15) is 4.79 Å². The number of benzene rings is 2. The molecule has 0 aliphatic carbocycles. The molecule has 1 aliphatic heterocycles. The van der Waals surface area contributed by atoms with E-state index >= 15 is 0 Å². The van der Waals surface area contributed by atoms with Crippen molar-refractivity contribution in [1.29, 1.82) is 0 Å². The van der Waals surface area contributed by atoms with Crippen LogP contribution in [-0.2, 0) is 4.79 Å². The number of hydrazone groups is 1. The van der Waals surface area contributed by atoms with E-state index in [0.29, 0.717) is 35.8 Å². The lowest BCUT2D eigenvalue weighted by Gasteiger charge is -2.23. The van der Waals surface area contributed by atoms with Crippen molar-refractivity contribution in [2.24, 2.45) is 10.1 Å². The van der Waals surface area contributed by atoms with Crippen LogP contribution in [0.5, 0.6) is 5.75 Å². The molecule has 3 rings (SSSR count). The minimum Gasteiger partial charge on any atom is -0.441 e. The Morgan fingerprint density at radius 2 is 1.97 bits per heavy atom. The van der Waals surface area contributed by atoms with Crippen LogP contribution in [0.25, 0.3) is 0 Å². The highest BCUT2D eigenvalue weighted by Gasteiger charge is 2.18. The Kier molecular flexibility index (Phi) is 7.68. The summed E-state index contributed by atoms with van der Waals surface area (Å²) >= 11 is 1.27. The van der Waals surface area contributed by atoms with Crippen LogP contribution in [0.1, 0.15) is 25.3 Å². The maximum atomic E-state index is 12.4. The number of nitrogens with zero attached hydrogens (tertiary/aromatic N) is 3. The molecule has 0 saturated heterocycles. The number of thioether (sulfide) groups is 1. The molecule has 0 atom stereocenters. The summed E-state index contributed by atoms with van der Waals surface area (Å²) in [5.41, 5.74) is 2.02. The lowest BCUT2D eigenvalue weighted by molar-refractivity contribution is -0.113. The van der Waals surface area contributed by atoms with Crippen molar-refractivity contribution >= 4 is 34.4 Å².